The van der Waals surface area contributed by atoms with Crippen molar-refractivity contribution in [2.75, 3.05) is 41.5 Å². The maximum atomic E-state index is 14.3. The van der Waals surface area contributed by atoms with E-state index in [9.17, 15) is 29.1 Å². The van der Waals surface area contributed by atoms with Crippen LogP contribution in [0, 0.1) is 17.8 Å². The van der Waals surface area contributed by atoms with Crippen molar-refractivity contribution >= 4 is 29.7 Å². The molecule has 3 N–H and O–H groups in total. The minimum Gasteiger partial charge on any atom is -0.441 e. The summed E-state index contributed by atoms with van der Waals surface area (Å²) in [6, 6.07) is 6.43. The third kappa shape index (κ3) is 10.5. The van der Waals surface area contributed by atoms with E-state index < -0.39 is 59.9 Å². The fourth-order valence-corrected chi connectivity index (χ4v) is 8.08. The number of carbonyl (C=O) groups is 5. The van der Waals surface area contributed by atoms with Gasteiger partial charge in [0.25, 0.3) is 0 Å². The van der Waals surface area contributed by atoms with Crippen LogP contribution in [0.2, 0.25) is 0 Å². The van der Waals surface area contributed by atoms with Crippen molar-refractivity contribution < 1.29 is 43.3 Å². The molecule has 2 heterocycles. The summed E-state index contributed by atoms with van der Waals surface area (Å²) in [6.07, 6.45) is 0.661. The molecule has 14 nitrogen and oxygen atoms in total. The Hall–Kier alpha value is -3.75. The van der Waals surface area contributed by atoms with Gasteiger partial charge in [-0.15, -0.1) is 0 Å². The summed E-state index contributed by atoms with van der Waals surface area (Å²) in [4.78, 5) is 72.4. The van der Waals surface area contributed by atoms with Gasteiger partial charge < -0.3 is 39.8 Å². The van der Waals surface area contributed by atoms with Crippen LogP contribution in [0.15, 0.2) is 30.3 Å². The number of hydrogen-bond donors (Lipinski definition) is 3. The average Bonchev–Trinajstić information content (AvgIpc) is 3.70. The first-order valence-electron chi connectivity index (χ1n) is 19.3. The van der Waals surface area contributed by atoms with Gasteiger partial charge in [-0.1, -0.05) is 71.4 Å². The van der Waals surface area contributed by atoms with E-state index in [1.165, 1.54) is 19.1 Å². The summed E-state index contributed by atoms with van der Waals surface area (Å²) in [5.41, 5.74) is -0.0943. The lowest BCUT2D eigenvalue weighted by Gasteiger charge is -2.41. The van der Waals surface area contributed by atoms with Crippen LogP contribution in [0.1, 0.15) is 79.7 Å². The summed E-state index contributed by atoms with van der Waals surface area (Å²) in [5, 5.41) is 15.9. The number of cyclic esters (lactones) is 1. The summed E-state index contributed by atoms with van der Waals surface area (Å²) >= 11 is 0. The molecule has 0 saturated carbocycles. The lowest BCUT2D eigenvalue weighted by Crippen LogP contribution is -2.60. The predicted octanol–water partition coefficient (Wildman–Crippen LogP) is 3.00. The summed E-state index contributed by atoms with van der Waals surface area (Å²) in [5.74, 6) is -2.26. The number of aliphatic hydroxyl groups excluding tert-OH is 1. The minimum atomic E-state index is -1.09. The van der Waals surface area contributed by atoms with Crippen LogP contribution in [0.25, 0.3) is 0 Å². The fourth-order valence-electron chi connectivity index (χ4n) is 8.08. The molecule has 2 aliphatic heterocycles. The molecule has 54 heavy (non-hydrogen) atoms. The smallest absolute Gasteiger partial charge is 0.410 e. The molecular formula is C40H65N5O9. The molecule has 2 fully saturated rings. The molecule has 5 amide bonds. The highest BCUT2D eigenvalue weighted by atomic mass is 16.6. The number of nitrogens with zero attached hydrogens (tertiary/aromatic N) is 3. The molecule has 9 atom stereocenters. The maximum absolute atomic E-state index is 14.3. The summed E-state index contributed by atoms with van der Waals surface area (Å²) in [7, 11) is 6.24. The number of aliphatic hydroxyl groups is 1. The molecule has 14 heteroatoms. The number of methoxy groups -OCH3 is 2. The number of amides is 5. The van der Waals surface area contributed by atoms with E-state index in [2.05, 4.69) is 10.6 Å². The van der Waals surface area contributed by atoms with E-state index in [4.69, 9.17) is 14.2 Å². The van der Waals surface area contributed by atoms with Crippen molar-refractivity contribution in [1.29, 1.82) is 0 Å². The van der Waals surface area contributed by atoms with Gasteiger partial charge in [0, 0.05) is 34.9 Å². The van der Waals surface area contributed by atoms with Crippen molar-refractivity contribution in [2.24, 2.45) is 17.8 Å². The van der Waals surface area contributed by atoms with Crippen LogP contribution in [-0.2, 0) is 39.8 Å². The van der Waals surface area contributed by atoms with Gasteiger partial charge in [-0.05, 0) is 50.5 Å². The first kappa shape index (κ1) is 44.6. The number of rotatable bonds is 19. The lowest BCUT2D eigenvalue weighted by molar-refractivity contribution is -0.148. The quantitative estimate of drug-likeness (QED) is 0.192. The molecule has 1 aromatic rings. The highest BCUT2D eigenvalue weighted by Crippen LogP contribution is 2.31. The van der Waals surface area contributed by atoms with Gasteiger partial charge in [0.2, 0.25) is 23.6 Å². The number of carbonyl (C=O) groups excluding carboxylic acids is 5. The maximum Gasteiger partial charge on any atom is 0.410 e. The molecule has 1 unspecified atom stereocenters. The molecule has 0 radical (unpaired) electrons. The van der Waals surface area contributed by atoms with Gasteiger partial charge in [-0.25, -0.2) is 4.79 Å². The van der Waals surface area contributed by atoms with E-state index in [0.717, 1.165) is 12.0 Å². The molecule has 0 spiro atoms. The van der Waals surface area contributed by atoms with Crippen molar-refractivity contribution in [3.05, 3.63) is 35.9 Å². The van der Waals surface area contributed by atoms with Gasteiger partial charge >= 0.3 is 6.09 Å². The zero-order chi connectivity index (χ0) is 40.5. The third-order valence-electron chi connectivity index (χ3n) is 11.3. The van der Waals surface area contributed by atoms with Crippen molar-refractivity contribution in [3.8, 4) is 0 Å². The predicted molar refractivity (Wildman–Crippen MR) is 204 cm³/mol. The van der Waals surface area contributed by atoms with Gasteiger partial charge in [0.1, 0.15) is 11.6 Å². The largest absolute Gasteiger partial charge is 0.441 e. The number of benzene rings is 1. The Morgan fingerprint density at radius 2 is 1.70 bits per heavy atom. The van der Waals surface area contributed by atoms with Crippen molar-refractivity contribution in [2.45, 2.75) is 129 Å². The lowest BCUT2D eigenvalue weighted by atomic mass is 9.89. The Labute approximate surface area is 321 Å². The molecule has 0 aromatic heterocycles. The molecule has 1 aromatic carbocycles. The molecular weight excluding hydrogens is 694 g/mol. The second-order valence-corrected chi connectivity index (χ2v) is 15.9. The van der Waals surface area contributed by atoms with E-state index >= 15 is 0 Å². The van der Waals surface area contributed by atoms with E-state index in [1.807, 2.05) is 58.0 Å². The van der Waals surface area contributed by atoms with E-state index in [-0.39, 0.29) is 48.6 Å². The Morgan fingerprint density at radius 3 is 2.22 bits per heavy atom. The standard InChI is InChI=1S/C40H65N5O9/c1-12-25(4)33(43(8)38(50)32(24(2)3)42-37(49)35-40(6,7)54-39(51)44(35)9)30(52-10)22-31(47)45-20-16-19-29(45)34(53-11)26(5)36(48)41-28(23-46)21-27-17-14-13-15-18-27/h13-15,17-18,24-26,28-30,32-35,46H,12,16,19-23H2,1-11H3,(H,41,48)(H,42,49)/t25-,26+,28-,29-,30+,32-,33-,34+,35?/m0/s1. The number of likely N-dealkylation sites (tertiary alicyclic amines) is 1. The molecule has 3 rings (SSSR count). The average molecular weight is 760 g/mol. The zero-order valence-electron chi connectivity index (χ0n) is 34.2. The molecule has 2 saturated heterocycles. The van der Waals surface area contributed by atoms with Crippen LogP contribution >= 0.6 is 0 Å². The Kier molecular flexibility index (Phi) is 16.3. The monoisotopic (exact) mass is 759 g/mol. The molecule has 0 aliphatic carbocycles. The number of ether oxygens (including phenoxy) is 3. The van der Waals surface area contributed by atoms with Crippen LogP contribution in [0.4, 0.5) is 4.79 Å². The first-order chi connectivity index (χ1) is 25.4. The number of likely N-dealkylation sites (N-methyl/N-ethyl adjacent to an activating group) is 2. The second kappa shape index (κ2) is 19.7. The number of nitrogens with one attached hydrogen (secondary N) is 2. The molecule has 0 bridgehead atoms. The van der Waals surface area contributed by atoms with Crippen molar-refractivity contribution in [3.63, 3.8) is 0 Å². The normalized spacial score (nSPS) is 22.1. The van der Waals surface area contributed by atoms with Crippen LogP contribution in [0.3, 0.4) is 0 Å². The molecule has 2 aliphatic rings. The zero-order valence-corrected chi connectivity index (χ0v) is 34.2. The van der Waals surface area contributed by atoms with Crippen molar-refractivity contribution in [1.82, 2.24) is 25.3 Å². The van der Waals surface area contributed by atoms with Crippen LogP contribution in [-0.4, -0.2) is 139 Å². The highest BCUT2D eigenvalue weighted by molar-refractivity contribution is 5.93. The van der Waals surface area contributed by atoms with Crippen LogP contribution in [0.5, 0.6) is 0 Å². The summed E-state index contributed by atoms with van der Waals surface area (Å²) in [6.45, 7) is 13.1. The Bertz CT molecular complexity index is 1430. The Morgan fingerprint density at radius 1 is 1.06 bits per heavy atom. The third-order valence-corrected chi connectivity index (χ3v) is 11.3. The van der Waals surface area contributed by atoms with Gasteiger partial charge in [-0.3, -0.25) is 24.1 Å². The van der Waals surface area contributed by atoms with Crippen LogP contribution < -0.4 is 10.6 Å². The highest BCUT2D eigenvalue weighted by Gasteiger charge is 2.51. The minimum absolute atomic E-state index is 0.0144. The number of hydrogen-bond acceptors (Lipinski definition) is 9. The van der Waals surface area contributed by atoms with Gasteiger partial charge in [0.05, 0.1) is 49.3 Å². The van der Waals surface area contributed by atoms with E-state index in [1.54, 1.807) is 44.7 Å². The topological polar surface area (TPSA) is 167 Å². The SMILES string of the molecule is CC[C@H](C)[C@@H]([C@@H](CC(=O)N1CCC[C@H]1[C@H](OC)[C@@H](C)C(=O)N[C@H](CO)Cc1ccccc1)OC)N(C)C(=O)[C@@H](NC(=O)C1N(C)C(=O)OC1(C)C)C(C)C. The Balaban J connectivity index is 1.76. The fraction of sp³-hybridized carbons (Fsp3) is 0.725. The molecule has 304 valence electrons. The van der Waals surface area contributed by atoms with Gasteiger partial charge in [-0.2, -0.15) is 0 Å². The van der Waals surface area contributed by atoms with Gasteiger partial charge in [0.15, 0.2) is 6.04 Å². The first-order valence-corrected chi connectivity index (χ1v) is 19.3. The summed E-state index contributed by atoms with van der Waals surface area (Å²) < 4.78 is 17.3. The van der Waals surface area contributed by atoms with E-state index in [0.29, 0.717) is 25.8 Å². The second-order valence-electron chi connectivity index (χ2n) is 15.9.